The first kappa shape index (κ1) is 8.46. The van der Waals surface area contributed by atoms with Crippen molar-refractivity contribution in [1.82, 2.24) is 0 Å². The zero-order valence-corrected chi connectivity index (χ0v) is 6.57. The fourth-order valence-corrected chi connectivity index (χ4v) is 0.792. The average Bonchev–Trinajstić information content (AvgIpc) is 2.16. The van der Waals surface area contributed by atoms with Crippen LogP contribution in [0.4, 0.5) is 0 Å². The van der Waals surface area contributed by atoms with Gasteiger partial charge in [-0.05, 0) is 31.2 Å². The smallest absolute Gasteiger partial charge is 0.220 e. The molecule has 1 N–H and O–H groups in total. The fourth-order valence-electron chi connectivity index (χ4n) is 0.792. The van der Waals surface area contributed by atoms with Gasteiger partial charge in [-0.15, -0.1) is 0 Å². The fraction of sp³-hybridized carbons (Fsp3) is 0.111. The summed E-state index contributed by atoms with van der Waals surface area (Å²) in [6.45, 7) is 1.40. The molecule has 0 heterocycles. The van der Waals surface area contributed by atoms with Crippen molar-refractivity contribution in [3.63, 3.8) is 0 Å². The number of Topliss-reactive ketones (excluding diaryl/α,β-unsaturated/α-hetero) is 1. The Hall–Kier alpha value is -1.64. The van der Waals surface area contributed by atoms with Gasteiger partial charge in [-0.25, -0.2) is 0 Å². The Kier molecular flexibility index (Phi) is 2.24. The van der Waals surface area contributed by atoms with Gasteiger partial charge >= 0.3 is 0 Å². The number of aromatic hydroxyl groups is 1. The first-order valence-electron chi connectivity index (χ1n) is 3.45. The van der Waals surface area contributed by atoms with Gasteiger partial charge in [-0.1, -0.05) is 0 Å². The Labute approximate surface area is 69.3 Å². The van der Waals surface area contributed by atoms with Crippen molar-refractivity contribution >= 4 is 5.78 Å². The minimum absolute atomic E-state index is 0.134. The third-order valence-corrected chi connectivity index (χ3v) is 1.49. The Balaban J connectivity index is 3.36. The lowest BCUT2D eigenvalue weighted by Gasteiger charge is -1.84. The van der Waals surface area contributed by atoms with E-state index in [4.69, 9.17) is 5.11 Å². The second-order valence-corrected chi connectivity index (χ2v) is 2.43. The van der Waals surface area contributed by atoms with Crippen LogP contribution in [0.5, 0.6) is 5.75 Å². The van der Waals surface area contributed by atoms with E-state index in [2.05, 4.69) is 0 Å². The first-order chi connectivity index (χ1) is 5.61. The summed E-state index contributed by atoms with van der Waals surface area (Å²) in [5, 5.41) is 8.96. The molecule has 0 aliphatic rings. The van der Waals surface area contributed by atoms with Crippen LogP contribution in [0.1, 0.15) is 17.3 Å². The molecular weight excluding hydrogens is 156 g/mol. The van der Waals surface area contributed by atoms with E-state index < -0.39 is 5.43 Å². The molecule has 62 valence electrons. The summed E-state index contributed by atoms with van der Waals surface area (Å²) in [4.78, 5) is 21.7. The van der Waals surface area contributed by atoms with Crippen LogP contribution < -0.4 is 5.43 Å². The van der Waals surface area contributed by atoms with Crippen LogP contribution in [0, 0.1) is 0 Å². The largest absolute Gasteiger partial charge is 0.504 e. The van der Waals surface area contributed by atoms with Crippen LogP contribution in [0.25, 0.3) is 0 Å². The molecule has 0 fully saturated rings. The maximum atomic E-state index is 10.8. The maximum absolute atomic E-state index is 10.8. The van der Waals surface area contributed by atoms with Crippen LogP contribution >= 0.6 is 0 Å². The van der Waals surface area contributed by atoms with Gasteiger partial charge in [0, 0.05) is 5.56 Å². The lowest BCUT2D eigenvalue weighted by atomic mass is 10.2. The minimum Gasteiger partial charge on any atom is -0.504 e. The molecular formula is C9H8O3. The highest BCUT2D eigenvalue weighted by Gasteiger charge is 1.97. The van der Waals surface area contributed by atoms with Crippen molar-refractivity contribution in [2.45, 2.75) is 6.92 Å². The molecule has 0 saturated heterocycles. The van der Waals surface area contributed by atoms with E-state index in [1.54, 1.807) is 0 Å². The Morgan fingerprint density at radius 2 is 1.83 bits per heavy atom. The molecule has 0 atom stereocenters. The van der Waals surface area contributed by atoms with E-state index in [1.165, 1.54) is 31.2 Å². The molecule has 0 aliphatic heterocycles. The van der Waals surface area contributed by atoms with E-state index in [0.717, 1.165) is 0 Å². The van der Waals surface area contributed by atoms with E-state index in [0.29, 0.717) is 5.56 Å². The van der Waals surface area contributed by atoms with E-state index >= 15 is 0 Å². The molecule has 0 aromatic heterocycles. The van der Waals surface area contributed by atoms with Gasteiger partial charge in [0.25, 0.3) is 0 Å². The van der Waals surface area contributed by atoms with Crippen LogP contribution in [-0.2, 0) is 0 Å². The van der Waals surface area contributed by atoms with Crippen LogP contribution in [0.15, 0.2) is 29.1 Å². The van der Waals surface area contributed by atoms with Crippen LogP contribution in [0.3, 0.4) is 0 Å². The maximum Gasteiger partial charge on any atom is 0.220 e. The van der Waals surface area contributed by atoms with Crippen LogP contribution in [-0.4, -0.2) is 10.9 Å². The van der Waals surface area contributed by atoms with Gasteiger partial charge < -0.3 is 5.11 Å². The zero-order chi connectivity index (χ0) is 9.14. The first-order valence-corrected chi connectivity index (χ1v) is 3.45. The minimum atomic E-state index is -0.484. The highest BCUT2D eigenvalue weighted by molar-refractivity contribution is 5.93. The highest BCUT2D eigenvalue weighted by Crippen LogP contribution is 2.01. The molecule has 0 radical (unpaired) electrons. The Bertz CT molecular complexity index is 368. The third-order valence-electron chi connectivity index (χ3n) is 1.49. The molecule has 1 aromatic rings. The number of rotatable bonds is 1. The molecule has 1 rings (SSSR count). The summed E-state index contributed by atoms with van der Waals surface area (Å²) in [6.07, 6.45) is 0. The third kappa shape index (κ3) is 1.69. The van der Waals surface area contributed by atoms with Crippen molar-refractivity contribution < 1.29 is 9.90 Å². The van der Waals surface area contributed by atoms with Gasteiger partial charge in [0.2, 0.25) is 5.43 Å². The molecule has 0 amide bonds. The van der Waals surface area contributed by atoms with Crippen molar-refractivity contribution in [1.29, 1.82) is 0 Å². The number of hydrogen-bond acceptors (Lipinski definition) is 3. The lowest BCUT2D eigenvalue weighted by Crippen LogP contribution is -1.92. The normalized spacial score (nSPS) is 9.42. The van der Waals surface area contributed by atoms with E-state index in [1.807, 2.05) is 0 Å². The molecule has 0 aliphatic carbocycles. The summed E-state index contributed by atoms with van der Waals surface area (Å²) in [7, 11) is 0. The van der Waals surface area contributed by atoms with Gasteiger partial charge in [-0.3, -0.25) is 9.59 Å². The summed E-state index contributed by atoms with van der Waals surface area (Å²) >= 11 is 0. The number of carbonyl (C=O) groups excluding carboxylic acids is 1. The summed E-state index contributed by atoms with van der Waals surface area (Å²) in [5.74, 6) is -0.479. The second kappa shape index (κ2) is 3.17. The molecule has 1 aromatic carbocycles. The van der Waals surface area contributed by atoms with Gasteiger partial charge in [0.05, 0.1) is 0 Å². The predicted octanol–water partition coefficient (Wildman–Crippen LogP) is 0.955. The molecule has 0 saturated carbocycles. The second-order valence-electron chi connectivity index (χ2n) is 2.43. The molecule has 3 heteroatoms. The SMILES string of the molecule is CC(=O)c1ccc(O)c(=O)cc1. The number of ketones is 1. The number of hydrogen-bond donors (Lipinski definition) is 1. The van der Waals surface area contributed by atoms with Crippen molar-refractivity contribution in [3.05, 3.63) is 40.1 Å². The van der Waals surface area contributed by atoms with E-state index in [-0.39, 0.29) is 11.5 Å². The van der Waals surface area contributed by atoms with Crippen molar-refractivity contribution in [3.8, 4) is 5.75 Å². The highest BCUT2D eigenvalue weighted by atomic mass is 16.3. The van der Waals surface area contributed by atoms with Crippen molar-refractivity contribution in [2.75, 3.05) is 0 Å². The average molecular weight is 164 g/mol. The van der Waals surface area contributed by atoms with Crippen molar-refractivity contribution in [2.24, 2.45) is 0 Å². The molecule has 0 bridgehead atoms. The topological polar surface area (TPSA) is 54.4 Å². The van der Waals surface area contributed by atoms with E-state index in [9.17, 15) is 9.59 Å². The quantitative estimate of drug-likeness (QED) is 0.629. The zero-order valence-electron chi connectivity index (χ0n) is 6.57. The van der Waals surface area contributed by atoms with Gasteiger partial charge in [0.1, 0.15) is 0 Å². The molecule has 12 heavy (non-hydrogen) atoms. The Morgan fingerprint density at radius 1 is 1.25 bits per heavy atom. The molecule has 0 spiro atoms. The summed E-state index contributed by atoms with van der Waals surface area (Å²) in [6, 6.07) is 5.20. The lowest BCUT2D eigenvalue weighted by molar-refractivity contribution is 0.101. The standard InChI is InChI=1S/C9H8O3/c1-6(10)7-2-4-8(11)9(12)5-3-7/h2-5H,1H3,(H,11,12). The number of carbonyl (C=O) groups is 1. The molecule has 0 unspecified atom stereocenters. The predicted molar refractivity (Wildman–Crippen MR) is 44.4 cm³/mol. The molecule has 3 nitrogen and oxygen atoms in total. The Morgan fingerprint density at radius 3 is 2.42 bits per heavy atom. The summed E-state index contributed by atoms with van der Waals surface area (Å²) < 4.78 is 0. The summed E-state index contributed by atoms with van der Waals surface area (Å²) in [5.41, 5.74) is -0.0742. The monoisotopic (exact) mass is 164 g/mol. The van der Waals surface area contributed by atoms with Crippen LogP contribution in [0.2, 0.25) is 0 Å². The van der Waals surface area contributed by atoms with Gasteiger partial charge in [0.15, 0.2) is 11.5 Å². The van der Waals surface area contributed by atoms with Gasteiger partial charge in [-0.2, -0.15) is 0 Å².